The van der Waals surface area contributed by atoms with Crippen LogP contribution in [0.15, 0.2) is 35.2 Å². The van der Waals surface area contributed by atoms with Gasteiger partial charge in [0.25, 0.3) is 10.1 Å². The van der Waals surface area contributed by atoms with E-state index in [9.17, 15) is 8.42 Å². The summed E-state index contributed by atoms with van der Waals surface area (Å²) >= 11 is 0. The average molecular weight is 242 g/mol. The Morgan fingerprint density at radius 2 is 1.94 bits per heavy atom. The van der Waals surface area contributed by atoms with Crippen LogP contribution in [0.1, 0.15) is 6.42 Å². The molecule has 5 heteroatoms. The van der Waals surface area contributed by atoms with Gasteiger partial charge in [-0.15, -0.1) is 0 Å². The number of hydrogen-bond acceptors (Lipinski definition) is 4. The summed E-state index contributed by atoms with van der Waals surface area (Å²) in [4.78, 5) is 0.208. The molecule has 0 atom stereocenters. The van der Waals surface area contributed by atoms with Gasteiger partial charge >= 0.3 is 0 Å². The predicted octanol–water partition coefficient (Wildman–Crippen LogP) is 1.43. The first kappa shape index (κ1) is 11.6. The van der Waals surface area contributed by atoms with Gasteiger partial charge in [-0.3, -0.25) is 4.18 Å². The first-order valence-electron chi connectivity index (χ1n) is 5.21. The molecule has 2 rings (SSSR count). The smallest absolute Gasteiger partial charge is 0.296 e. The third-order valence-electron chi connectivity index (χ3n) is 2.50. The van der Waals surface area contributed by atoms with Crippen molar-refractivity contribution in [1.82, 2.24) is 0 Å². The second kappa shape index (κ2) is 4.95. The standard InChI is InChI=1S/C11H14O4S/c12-16(13,11-4-2-1-3-5-11)15-7-6-10-8-14-9-10/h1-5,10H,6-9H2. The zero-order chi connectivity index (χ0) is 11.4. The molecule has 1 aromatic rings. The molecule has 1 aliphatic heterocycles. The molecule has 16 heavy (non-hydrogen) atoms. The van der Waals surface area contributed by atoms with Crippen molar-refractivity contribution in [3.8, 4) is 0 Å². The summed E-state index contributed by atoms with van der Waals surface area (Å²) in [5.74, 6) is 0.450. The quantitative estimate of drug-likeness (QED) is 0.733. The fourth-order valence-electron chi connectivity index (χ4n) is 1.43. The highest BCUT2D eigenvalue weighted by molar-refractivity contribution is 7.86. The minimum Gasteiger partial charge on any atom is -0.381 e. The lowest BCUT2D eigenvalue weighted by atomic mass is 10.1. The highest BCUT2D eigenvalue weighted by Gasteiger charge is 2.20. The Morgan fingerprint density at radius 1 is 1.25 bits per heavy atom. The largest absolute Gasteiger partial charge is 0.381 e. The summed E-state index contributed by atoms with van der Waals surface area (Å²) in [6.45, 7) is 1.66. The first-order valence-corrected chi connectivity index (χ1v) is 6.61. The SMILES string of the molecule is O=S(=O)(OCCC1COC1)c1ccccc1. The summed E-state index contributed by atoms with van der Waals surface area (Å²) in [6, 6.07) is 8.18. The molecule has 1 aliphatic rings. The summed E-state index contributed by atoms with van der Waals surface area (Å²) in [7, 11) is -3.58. The molecule has 0 saturated carbocycles. The third-order valence-corrected chi connectivity index (χ3v) is 3.83. The Kier molecular flexibility index (Phi) is 3.58. The van der Waals surface area contributed by atoms with Crippen LogP contribution < -0.4 is 0 Å². The fourth-order valence-corrected chi connectivity index (χ4v) is 2.37. The van der Waals surface area contributed by atoms with Crippen LogP contribution in [0.5, 0.6) is 0 Å². The van der Waals surface area contributed by atoms with Crippen LogP contribution >= 0.6 is 0 Å². The van der Waals surface area contributed by atoms with E-state index < -0.39 is 10.1 Å². The molecule has 0 spiro atoms. The van der Waals surface area contributed by atoms with E-state index in [4.69, 9.17) is 8.92 Å². The molecular formula is C11H14O4S. The Bertz CT molecular complexity index is 423. The minimum atomic E-state index is -3.58. The van der Waals surface area contributed by atoms with Gasteiger partial charge in [0.1, 0.15) is 0 Å². The summed E-state index contributed by atoms with van der Waals surface area (Å²) < 4.78 is 33.3. The van der Waals surface area contributed by atoms with Crippen LogP contribution in [-0.4, -0.2) is 28.2 Å². The second-order valence-electron chi connectivity index (χ2n) is 3.78. The lowest BCUT2D eigenvalue weighted by molar-refractivity contribution is -0.0398. The molecule has 1 saturated heterocycles. The van der Waals surface area contributed by atoms with E-state index in [1.165, 1.54) is 12.1 Å². The number of hydrogen-bond donors (Lipinski definition) is 0. The van der Waals surface area contributed by atoms with Crippen molar-refractivity contribution in [2.24, 2.45) is 5.92 Å². The minimum absolute atomic E-state index is 0.208. The molecule has 0 aromatic heterocycles. The van der Waals surface area contributed by atoms with E-state index in [2.05, 4.69) is 0 Å². The molecule has 0 N–H and O–H groups in total. The maximum Gasteiger partial charge on any atom is 0.296 e. The average Bonchev–Trinajstić information content (AvgIpc) is 2.23. The second-order valence-corrected chi connectivity index (χ2v) is 5.40. The summed E-state index contributed by atoms with van der Waals surface area (Å²) in [5.41, 5.74) is 0. The monoisotopic (exact) mass is 242 g/mol. The Hall–Kier alpha value is -0.910. The molecule has 0 amide bonds. The maximum absolute atomic E-state index is 11.7. The zero-order valence-electron chi connectivity index (χ0n) is 8.83. The Balaban J connectivity index is 1.87. The van der Waals surface area contributed by atoms with Crippen LogP contribution in [0.3, 0.4) is 0 Å². The highest BCUT2D eigenvalue weighted by Crippen LogP contribution is 2.16. The predicted molar refractivity (Wildman–Crippen MR) is 58.5 cm³/mol. The molecule has 0 aliphatic carbocycles. The van der Waals surface area contributed by atoms with Crippen LogP contribution in [-0.2, 0) is 19.0 Å². The van der Waals surface area contributed by atoms with Gasteiger partial charge in [0, 0.05) is 5.92 Å². The van der Waals surface area contributed by atoms with Gasteiger partial charge in [0.2, 0.25) is 0 Å². The lowest BCUT2D eigenvalue weighted by Gasteiger charge is -2.25. The van der Waals surface area contributed by atoms with Crippen LogP contribution in [0.25, 0.3) is 0 Å². The van der Waals surface area contributed by atoms with Crippen molar-refractivity contribution in [3.05, 3.63) is 30.3 Å². The summed E-state index contributed by atoms with van der Waals surface area (Å²) in [6.07, 6.45) is 0.728. The van der Waals surface area contributed by atoms with Gasteiger partial charge in [-0.1, -0.05) is 18.2 Å². The molecule has 88 valence electrons. The van der Waals surface area contributed by atoms with Crippen molar-refractivity contribution in [2.45, 2.75) is 11.3 Å². The molecule has 0 unspecified atom stereocenters. The van der Waals surface area contributed by atoms with Crippen molar-refractivity contribution < 1.29 is 17.3 Å². The first-order chi connectivity index (χ1) is 7.68. The van der Waals surface area contributed by atoms with Gasteiger partial charge in [-0.25, -0.2) is 0 Å². The highest BCUT2D eigenvalue weighted by atomic mass is 32.2. The Morgan fingerprint density at radius 3 is 2.50 bits per heavy atom. The van der Waals surface area contributed by atoms with E-state index in [-0.39, 0.29) is 11.5 Å². The van der Waals surface area contributed by atoms with Crippen molar-refractivity contribution in [2.75, 3.05) is 19.8 Å². The van der Waals surface area contributed by atoms with Crippen molar-refractivity contribution >= 4 is 10.1 Å². The number of benzene rings is 1. The van der Waals surface area contributed by atoms with Gasteiger partial charge in [-0.2, -0.15) is 8.42 Å². The lowest BCUT2D eigenvalue weighted by Crippen LogP contribution is -2.28. The van der Waals surface area contributed by atoms with Crippen molar-refractivity contribution in [3.63, 3.8) is 0 Å². The Labute approximate surface area is 95.3 Å². The fraction of sp³-hybridized carbons (Fsp3) is 0.455. The molecular weight excluding hydrogens is 228 g/mol. The maximum atomic E-state index is 11.7. The number of ether oxygens (including phenoxy) is 1. The zero-order valence-corrected chi connectivity index (χ0v) is 9.65. The van der Waals surface area contributed by atoms with Crippen molar-refractivity contribution in [1.29, 1.82) is 0 Å². The van der Waals surface area contributed by atoms with E-state index in [1.807, 2.05) is 0 Å². The van der Waals surface area contributed by atoms with E-state index >= 15 is 0 Å². The molecule has 4 nitrogen and oxygen atoms in total. The third kappa shape index (κ3) is 2.81. The van der Waals surface area contributed by atoms with E-state index in [0.717, 1.165) is 19.6 Å². The molecule has 0 bridgehead atoms. The van der Waals surface area contributed by atoms with Gasteiger partial charge in [0.05, 0.1) is 24.7 Å². The molecule has 0 radical (unpaired) electrons. The van der Waals surface area contributed by atoms with Crippen LogP contribution in [0, 0.1) is 5.92 Å². The van der Waals surface area contributed by atoms with Crippen LogP contribution in [0.4, 0.5) is 0 Å². The summed E-state index contributed by atoms with van der Waals surface area (Å²) in [5, 5.41) is 0. The van der Waals surface area contributed by atoms with Crippen LogP contribution in [0.2, 0.25) is 0 Å². The van der Waals surface area contributed by atoms with E-state index in [0.29, 0.717) is 5.92 Å². The molecule has 1 heterocycles. The van der Waals surface area contributed by atoms with Gasteiger partial charge in [0.15, 0.2) is 0 Å². The van der Waals surface area contributed by atoms with Gasteiger partial charge < -0.3 is 4.74 Å². The van der Waals surface area contributed by atoms with E-state index in [1.54, 1.807) is 18.2 Å². The topological polar surface area (TPSA) is 52.6 Å². The normalized spacial score (nSPS) is 17.0. The van der Waals surface area contributed by atoms with Gasteiger partial charge in [-0.05, 0) is 18.6 Å². The molecule has 1 fully saturated rings. The molecule has 1 aromatic carbocycles. The number of rotatable bonds is 5.